The van der Waals surface area contributed by atoms with Crippen molar-refractivity contribution in [1.82, 2.24) is 10.0 Å². The molecule has 0 saturated carbocycles. The SMILES string of the molecule is COCC(C)S(=O)(=O)NCCC1CCNC1. The van der Waals surface area contributed by atoms with Crippen LogP contribution in [0.5, 0.6) is 0 Å². The van der Waals surface area contributed by atoms with Gasteiger partial charge < -0.3 is 10.1 Å². The molecule has 1 rings (SSSR count). The van der Waals surface area contributed by atoms with Crippen LogP contribution in [0.2, 0.25) is 0 Å². The van der Waals surface area contributed by atoms with Crippen LogP contribution < -0.4 is 10.0 Å². The Morgan fingerprint density at radius 3 is 2.88 bits per heavy atom. The molecule has 1 heterocycles. The minimum atomic E-state index is -3.21. The fourth-order valence-electron chi connectivity index (χ4n) is 1.83. The van der Waals surface area contributed by atoms with Crippen molar-refractivity contribution in [3.63, 3.8) is 0 Å². The summed E-state index contributed by atoms with van der Waals surface area (Å²) < 4.78 is 30.9. The maximum Gasteiger partial charge on any atom is 0.216 e. The van der Waals surface area contributed by atoms with E-state index in [1.54, 1.807) is 6.92 Å². The minimum absolute atomic E-state index is 0.236. The number of ether oxygens (including phenoxy) is 1. The first-order valence-corrected chi connectivity index (χ1v) is 7.29. The van der Waals surface area contributed by atoms with Crippen molar-refractivity contribution in [1.29, 1.82) is 0 Å². The molecule has 0 aliphatic carbocycles. The molecule has 5 nitrogen and oxygen atoms in total. The summed E-state index contributed by atoms with van der Waals surface area (Å²) in [6, 6.07) is 0. The number of methoxy groups -OCH3 is 1. The van der Waals surface area contributed by atoms with E-state index >= 15 is 0 Å². The van der Waals surface area contributed by atoms with Gasteiger partial charge in [0, 0.05) is 13.7 Å². The van der Waals surface area contributed by atoms with Crippen LogP contribution in [0, 0.1) is 5.92 Å². The first-order valence-electron chi connectivity index (χ1n) is 5.74. The molecule has 0 radical (unpaired) electrons. The van der Waals surface area contributed by atoms with Crippen LogP contribution >= 0.6 is 0 Å². The molecule has 1 saturated heterocycles. The van der Waals surface area contributed by atoms with Gasteiger partial charge in [0.15, 0.2) is 0 Å². The molecule has 2 atom stereocenters. The zero-order valence-electron chi connectivity index (χ0n) is 10.0. The zero-order chi connectivity index (χ0) is 12.0. The van der Waals surface area contributed by atoms with Crippen molar-refractivity contribution in [2.45, 2.75) is 25.0 Å². The molecule has 0 aromatic heterocycles. The lowest BCUT2D eigenvalue weighted by atomic mass is 10.1. The van der Waals surface area contributed by atoms with Crippen molar-refractivity contribution < 1.29 is 13.2 Å². The summed E-state index contributed by atoms with van der Waals surface area (Å²) in [6.45, 7) is 4.48. The van der Waals surface area contributed by atoms with Crippen LogP contribution in [0.4, 0.5) is 0 Å². The van der Waals surface area contributed by atoms with Crippen LogP contribution in [0.15, 0.2) is 0 Å². The van der Waals surface area contributed by atoms with E-state index in [-0.39, 0.29) is 6.61 Å². The van der Waals surface area contributed by atoms with Crippen molar-refractivity contribution >= 4 is 10.0 Å². The van der Waals surface area contributed by atoms with Crippen LogP contribution in [0.25, 0.3) is 0 Å². The van der Waals surface area contributed by atoms with Gasteiger partial charge >= 0.3 is 0 Å². The summed E-state index contributed by atoms with van der Waals surface area (Å²) in [6.07, 6.45) is 2.06. The van der Waals surface area contributed by atoms with Crippen LogP contribution in [0.3, 0.4) is 0 Å². The van der Waals surface area contributed by atoms with Crippen molar-refractivity contribution in [2.75, 3.05) is 33.4 Å². The molecule has 6 heteroatoms. The van der Waals surface area contributed by atoms with Gasteiger partial charge in [0.05, 0.1) is 11.9 Å². The standard InChI is InChI=1S/C10H22N2O3S/c1-9(8-15-2)16(13,14)12-6-4-10-3-5-11-7-10/h9-12H,3-8H2,1-2H3. The van der Waals surface area contributed by atoms with E-state index in [0.717, 1.165) is 25.9 Å². The molecule has 16 heavy (non-hydrogen) atoms. The topological polar surface area (TPSA) is 67.4 Å². The Bertz CT molecular complexity index is 286. The second kappa shape index (κ2) is 6.54. The summed E-state index contributed by atoms with van der Waals surface area (Å²) in [5.41, 5.74) is 0. The van der Waals surface area contributed by atoms with Gasteiger partial charge in [-0.2, -0.15) is 0 Å². The third-order valence-corrected chi connectivity index (χ3v) is 4.75. The Morgan fingerprint density at radius 2 is 2.31 bits per heavy atom. The van der Waals surface area contributed by atoms with Gasteiger partial charge in [0.1, 0.15) is 0 Å². The molecule has 0 bridgehead atoms. The monoisotopic (exact) mass is 250 g/mol. The third kappa shape index (κ3) is 4.37. The normalized spacial score (nSPS) is 23.5. The highest BCUT2D eigenvalue weighted by atomic mass is 32.2. The summed E-state index contributed by atoms with van der Waals surface area (Å²) >= 11 is 0. The van der Waals surface area contributed by atoms with Gasteiger partial charge in [-0.3, -0.25) is 0 Å². The average molecular weight is 250 g/mol. The van der Waals surface area contributed by atoms with Gasteiger partial charge in [-0.1, -0.05) is 0 Å². The summed E-state index contributed by atoms with van der Waals surface area (Å²) in [7, 11) is -1.70. The van der Waals surface area contributed by atoms with Gasteiger partial charge in [-0.05, 0) is 38.8 Å². The Kier molecular flexibility index (Phi) is 5.68. The van der Waals surface area contributed by atoms with Gasteiger partial charge in [0.25, 0.3) is 0 Å². The summed E-state index contributed by atoms with van der Waals surface area (Å²) in [5, 5.41) is 2.78. The van der Waals surface area contributed by atoms with Crippen LogP contribution in [-0.2, 0) is 14.8 Å². The van der Waals surface area contributed by atoms with E-state index in [1.165, 1.54) is 7.11 Å². The number of rotatable bonds is 7. The predicted octanol–water partition coefficient (Wildman–Crippen LogP) is -0.0597. The van der Waals surface area contributed by atoms with Crippen molar-refractivity contribution in [3.8, 4) is 0 Å². The zero-order valence-corrected chi connectivity index (χ0v) is 10.8. The highest BCUT2D eigenvalue weighted by molar-refractivity contribution is 7.90. The lowest BCUT2D eigenvalue weighted by Crippen LogP contribution is -2.36. The number of nitrogens with one attached hydrogen (secondary N) is 2. The summed E-state index contributed by atoms with van der Waals surface area (Å²) in [4.78, 5) is 0. The third-order valence-electron chi connectivity index (χ3n) is 2.95. The molecule has 2 N–H and O–H groups in total. The first kappa shape index (κ1) is 13.9. The molecular weight excluding hydrogens is 228 g/mol. The molecular formula is C10H22N2O3S. The number of sulfonamides is 1. The van der Waals surface area contributed by atoms with Crippen LogP contribution in [-0.4, -0.2) is 47.0 Å². The molecule has 1 aliphatic heterocycles. The lowest BCUT2D eigenvalue weighted by Gasteiger charge is -2.14. The molecule has 0 aromatic rings. The molecule has 96 valence electrons. The number of hydrogen-bond acceptors (Lipinski definition) is 4. The average Bonchev–Trinajstić information content (AvgIpc) is 2.70. The fraction of sp³-hybridized carbons (Fsp3) is 1.00. The van der Waals surface area contributed by atoms with Gasteiger partial charge in [-0.15, -0.1) is 0 Å². The largest absolute Gasteiger partial charge is 0.383 e. The van der Waals surface area contributed by atoms with Crippen LogP contribution in [0.1, 0.15) is 19.8 Å². The molecule has 1 aliphatic rings. The molecule has 0 spiro atoms. The highest BCUT2D eigenvalue weighted by Crippen LogP contribution is 2.11. The predicted molar refractivity (Wildman–Crippen MR) is 63.9 cm³/mol. The molecule has 2 unspecified atom stereocenters. The quantitative estimate of drug-likeness (QED) is 0.664. The molecule has 0 aromatic carbocycles. The second-order valence-corrected chi connectivity index (χ2v) is 6.54. The van der Waals surface area contributed by atoms with E-state index in [4.69, 9.17) is 4.74 Å². The maximum atomic E-state index is 11.7. The smallest absolute Gasteiger partial charge is 0.216 e. The summed E-state index contributed by atoms with van der Waals surface area (Å²) in [5.74, 6) is 0.612. The Labute approximate surface area is 98.0 Å². The van der Waals surface area contributed by atoms with Crippen molar-refractivity contribution in [3.05, 3.63) is 0 Å². The highest BCUT2D eigenvalue weighted by Gasteiger charge is 2.21. The Morgan fingerprint density at radius 1 is 1.56 bits per heavy atom. The van der Waals surface area contributed by atoms with E-state index < -0.39 is 15.3 Å². The minimum Gasteiger partial charge on any atom is -0.383 e. The van der Waals surface area contributed by atoms with Gasteiger partial charge in [0.2, 0.25) is 10.0 Å². The molecule has 0 amide bonds. The fourth-order valence-corrected chi connectivity index (χ4v) is 2.83. The maximum absolute atomic E-state index is 11.7. The van der Waals surface area contributed by atoms with E-state index in [9.17, 15) is 8.42 Å². The van der Waals surface area contributed by atoms with E-state index in [0.29, 0.717) is 12.5 Å². The van der Waals surface area contributed by atoms with Gasteiger partial charge in [-0.25, -0.2) is 13.1 Å². The van der Waals surface area contributed by atoms with E-state index in [1.807, 2.05) is 0 Å². The molecule has 1 fully saturated rings. The Balaban J connectivity index is 2.24. The lowest BCUT2D eigenvalue weighted by molar-refractivity contribution is 0.200. The Hall–Kier alpha value is -0.170. The second-order valence-electron chi connectivity index (χ2n) is 4.35. The number of hydrogen-bond donors (Lipinski definition) is 2. The first-order chi connectivity index (χ1) is 7.56. The van der Waals surface area contributed by atoms with E-state index in [2.05, 4.69) is 10.0 Å². The van der Waals surface area contributed by atoms with Crippen molar-refractivity contribution in [2.24, 2.45) is 5.92 Å².